The quantitative estimate of drug-likeness (QED) is 0.666. The average Bonchev–Trinajstić information content (AvgIpc) is 2.99. The highest BCUT2D eigenvalue weighted by atomic mass is 16.5. The molecule has 4 aliphatic rings. The second-order valence-corrected chi connectivity index (χ2v) is 8.62. The number of carbonyl (C=O) groups is 1. The fourth-order valence-corrected chi connectivity index (χ4v) is 6.73. The molecule has 2 bridgehead atoms. The summed E-state index contributed by atoms with van der Waals surface area (Å²) < 4.78 is 13.4. The fraction of sp³-hybridized carbons (Fsp3) is 0.571. The van der Waals surface area contributed by atoms with Gasteiger partial charge in [-0.3, -0.25) is 4.79 Å². The van der Waals surface area contributed by atoms with Gasteiger partial charge in [-0.15, -0.1) is 0 Å². The van der Waals surface area contributed by atoms with Crippen LogP contribution < -0.4 is 4.74 Å². The Kier molecular flexibility index (Phi) is 3.08. The molecule has 0 aromatic heterocycles. The first-order chi connectivity index (χ1) is 12.4. The summed E-state index contributed by atoms with van der Waals surface area (Å²) in [5.41, 5.74) is 1.30. The van der Waals surface area contributed by atoms with Crippen molar-refractivity contribution in [1.82, 2.24) is 0 Å². The summed E-state index contributed by atoms with van der Waals surface area (Å²) in [6, 6.07) is 3.96. The van der Waals surface area contributed by atoms with E-state index in [2.05, 4.69) is 13.6 Å². The minimum Gasteiger partial charge on any atom is -0.504 e. The molecule has 1 spiro atoms. The maximum Gasteiger partial charge on any atom is 0.174 e. The lowest BCUT2D eigenvalue weighted by atomic mass is 9.48. The first-order valence-electron chi connectivity index (χ1n) is 9.48. The lowest BCUT2D eigenvalue weighted by molar-refractivity contribution is -0.944. The Morgan fingerprint density at radius 3 is 3.00 bits per heavy atom. The number of benzene rings is 1. The van der Waals surface area contributed by atoms with Crippen LogP contribution in [0.15, 0.2) is 24.8 Å². The number of likely N-dealkylation sites (N-methyl/N-ethyl adjacent to an activating group) is 1. The molecule has 2 aliphatic heterocycles. The number of nitrogens with zero attached hydrogens (tertiary/aromatic N) is 1. The highest BCUT2D eigenvalue weighted by molar-refractivity contribution is 5.90. The number of carbonyl (C=O) groups excluding carboxylic acids is 1. The second kappa shape index (κ2) is 4.90. The molecule has 5 rings (SSSR count). The average molecular weight is 356 g/mol. The summed E-state index contributed by atoms with van der Waals surface area (Å²) in [6.07, 6.45) is 4.32. The third-order valence-electron chi connectivity index (χ3n) is 7.77. The highest BCUT2D eigenvalue weighted by Crippen LogP contribution is 2.66. The van der Waals surface area contributed by atoms with Crippen LogP contribution in [-0.2, 0) is 21.4 Å². The summed E-state index contributed by atoms with van der Waals surface area (Å²) in [5, 5.41) is 10.4. The third-order valence-corrected chi connectivity index (χ3v) is 7.77. The smallest absolute Gasteiger partial charge is 0.174 e. The SMILES string of the molecule is C=CC[N@@+]1(C)CC[C@]23c4c5ccc(O)c4OC2C(=O)CCC3(OC)C1C5. The topological polar surface area (TPSA) is 55.8 Å². The molecule has 1 saturated heterocycles. The van der Waals surface area contributed by atoms with E-state index in [0.29, 0.717) is 18.6 Å². The minimum absolute atomic E-state index is 0.137. The van der Waals surface area contributed by atoms with Gasteiger partial charge < -0.3 is 19.1 Å². The molecule has 2 fully saturated rings. The Labute approximate surface area is 153 Å². The van der Waals surface area contributed by atoms with Crippen LogP contribution in [0.4, 0.5) is 0 Å². The zero-order chi connectivity index (χ0) is 18.3. The Balaban J connectivity index is 1.84. The van der Waals surface area contributed by atoms with Crippen molar-refractivity contribution in [3.8, 4) is 11.5 Å². The number of hydrogen-bond acceptors (Lipinski definition) is 4. The maximum absolute atomic E-state index is 12.9. The van der Waals surface area contributed by atoms with Gasteiger partial charge in [-0.2, -0.15) is 0 Å². The number of Topliss-reactive ketones (excluding diaryl/α,β-unsaturated/α-hetero) is 1. The van der Waals surface area contributed by atoms with Crippen molar-refractivity contribution in [2.45, 2.75) is 48.8 Å². The molecule has 0 amide bonds. The Bertz CT molecular complexity index is 836. The van der Waals surface area contributed by atoms with Crippen LogP contribution in [0.1, 0.15) is 30.4 Å². The number of hydrogen-bond donors (Lipinski definition) is 1. The molecule has 2 aliphatic carbocycles. The number of rotatable bonds is 3. The van der Waals surface area contributed by atoms with Gasteiger partial charge in [0.25, 0.3) is 0 Å². The Morgan fingerprint density at radius 2 is 2.27 bits per heavy atom. The van der Waals surface area contributed by atoms with E-state index in [0.717, 1.165) is 36.0 Å². The van der Waals surface area contributed by atoms with Crippen molar-refractivity contribution in [2.24, 2.45) is 0 Å². The van der Waals surface area contributed by atoms with Gasteiger partial charge in [0, 0.05) is 31.9 Å². The molecule has 5 heteroatoms. The van der Waals surface area contributed by atoms with Crippen LogP contribution in [0.3, 0.4) is 0 Å². The molecule has 1 N–H and O–H groups in total. The van der Waals surface area contributed by atoms with Gasteiger partial charge in [-0.1, -0.05) is 12.6 Å². The van der Waals surface area contributed by atoms with Crippen LogP contribution >= 0.6 is 0 Å². The van der Waals surface area contributed by atoms with E-state index >= 15 is 0 Å². The number of phenolic OH excluding ortho intramolecular Hbond substituents is 1. The molecule has 2 heterocycles. The van der Waals surface area contributed by atoms with Gasteiger partial charge in [0.2, 0.25) is 0 Å². The molecular formula is C21H26NO4+. The van der Waals surface area contributed by atoms with Crippen molar-refractivity contribution in [3.05, 3.63) is 35.9 Å². The lowest BCUT2D eigenvalue weighted by Gasteiger charge is -2.65. The molecule has 5 nitrogen and oxygen atoms in total. The van der Waals surface area contributed by atoms with Crippen LogP contribution in [0.2, 0.25) is 0 Å². The molecule has 0 radical (unpaired) electrons. The van der Waals surface area contributed by atoms with Crippen molar-refractivity contribution >= 4 is 5.78 Å². The first kappa shape index (κ1) is 16.3. The second-order valence-electron chi connectivity index (χ2n) is 8.62. The van der Waals surface area contributed by atoms with Crippen molar-refractivity contribution in [3.63, 3.8) is 0 Å². The predicted octanol–water partition coefficient (Wildman–Crippen LogP) is 2.10. The van der Waals surface area contributed by atoms with Crippen LogP contribution in [-0.4, -0.2) is 60.4 Å². The third kappa shape index (κ3) is 1.54. The normalized spacial score (nSPS) is 42.2. The first-order valence-corrected chi connectivity index (χ1v) is 9.48. The summed E-state index contributed by atoms with van der Waals surface area (Å²) >= 11 is 0. The van der Waals surface area contributed by atoms with Gasteiger partial charge in [-0.25, -0.2) is 0 Å². The molecular weight excluding hydrogens is 330 g/mol. The molecule has 5 atom stereocenters. The largest absolute Gasteiger partial charge is 0.504 e. The summed E-state index contributed by atoms with van der Waals surface area (Å²) in [7, 11) is 4.07. The zero-order valence-electron chi connectivity index (χ0n) is 15.5. The molecule has 138 valence electrons. The molecule has 1 saturated carbocycles. The number of ketones is 1. The van der Waals surface area contributed by atoms with Gasteiger partial charge >= 0.3 is 0 Å². The van der Waals surface area contributed by atoms with Crippen molar-refractivity contribution < 1.29 is 23.9 Å². The number of quaternary nitrogens is 1. The Hall–Kier alpha value is -1.85. The monoisotopic (exact) mass is 356 g/mol. The van der Waals surface area contributed by atoms with Crippen LogP contribution in [0, 0.1) is 0 Å². The van der Waals surface area contributed by atoms with E-state index in [9.17, 15) is 9.90 Å². The number of phenols is 1. The van der Waals surface area contributed by atoms with Gasteiger partial charge in [0.15, 0.2) is 23.4 Å². The van der Waals surface area contributed by atoms with Crippen LogP contribution in [0.5, 0.6) is 11.5 Å². The number of piperidine rings is 1. The van der Waals surface area contributed by atoms with E-state index in [1.54, 1.807) is 13.2 Å². The van der Waals surface area contributed by atoms with Gasteiger partial charge in [0.1, 0.15) is 11.6 Å². The Morgan fingerprint density at radius 1 is 1.46 bits per heavy atom. The minimum atomic E-state index is -0.543. The lowest BCUT2D eigenvalue weighted by Crippen LogP contribution is -2.81. The van der Waals surface area contributed by atoms with Gasteiger partial charge in [0.05, 0.1) is 25.6 Å². The standard InChI is InChI=1S/C21H25NO4/c1-4-10-22(2)11-9-20-17-13-5-6-14(23)18(17)26-19(20)15(24)7-8-21(20,25-3)16(22)12-13/h4-6,16,19H,1,7-12H2,2-3H3/p+1/t16?,19?,20-,21?,22-/m0/s1. The number of likely N-dealkylation sites (tertiary alicyclic amines) is 1. The molecule has 1 aromatic rings. The molecule has 26 heavy (non-hydrogen) atoms. The highest BCUT2D eigenvalue weighted by Gasteiger charge is 2.77. The zero-order valence-corrected chi connectivity index (χ0v) is 15.5. The van der Waals surface area contributed by atoms with Crippen molar-refractivity contribution in [2.75, 3.05) is 27.2 Å². The van der Waals surface area contributed by atoms with E-state index in [-0.39, 0.29) is 17.6 Å². The van der Waals surface area contributed by atoms with E-state index in [1.807, 2.05) is 12.1 Å². The van der Waals surface area contributed by atoms with E-state index < -0.39 is 17.1 Å². The number of ether oxygens (including phenoxy) is 2. The summed E-state index contributed by atoms with van der Waals surface area (Å²) in [6.45, 7) is 5.81. The van der Waals surface area contributed by atoms with Crippen LogP contribution in [0.25, 0.3) is 0 Å². The van der Waals surface area contributed by atoms with E-state index in [1.165, 1.54) is 5.56 Å². The molecule has 1 aromatic carbocycles. The van der Waals surface area contributed by atoms with Crippen molar-refractivity contribution in [1.29, 1.82) is 0 Å². The maximum atomic E-state index is 12.9. The summed E-state index contributed by atoms with van der Waals surface area (Å²) in [5.74, 6) is 0.792. The molecule has 3 unspecified atom stereocenters. The van der Waals surface area contributed by atoms with E-state index in [4.69, 9.17) is 9.47 Å². The number of aromatic hydroxyl groups is 1. The fourth-order valence-electron chi connectivity index (χ4n) is 6.73. The number of methoxy groups -OCH3 is 1. The summed E-state index contributed by atoms with van der Waals surface area (Å²) in [4.78, 5) is 12.9. The predicted molar refractivity (Wildman–Crippen MR) is 96.4 cm³/mol. The van der Waals surface area contributed by atoms with Gasteiger partial charge in [-0.05, 0) is 24.1 Å².